The summed E-state index contributed by atoms with van der Waals surface area (Å²) in [5, 5.41) is 28.6. The fraction of sp³-hybridized carbons (Fsp3) is 0.462. The second kappa shape index (κ2) is 4.79. The highest BCUT2D eigenvalue weighted by Gasteiger charge is 2.38. The van der Waals surface area contributed by atoms with Crippen molar-refractivity contribution in [3.63, 3.8) is 0 Å². The van der Waals surface area contributed by atoms with E-state index in [-0.39, 0.29) is 25.1 Å². The maximum Gasteiger partial charge on any atom is 0.254 e. The van der Waals surface area contributed by atoms with Crippen LogP contribution >= 0.6 is 0 Å². The van der Waals surface area contributed by atoms with Crippen molar-refractivity contribution in [3.05, 3.63) is 29.6 Å². The largest absolute Gasteiger partial charge is 0.505 e. The number of β-amino-alcohol motifs (C(OH)–C–C–N with tert-alkyl or cyclic N) is 1. The van der Waals surface area contributed by atoms with Crippen molar-refractivity contribution in [2.45, 2.75) is 25.0 Å². The van der Waals surface area contributed by atoms with E-state index < -0.39 is 29.2 Å². The molecule has 1 aliphatic rings. The summed E-state index contributed by atoms with van der Waals surface area (Å²) >= 11 is 0. The Balaban J connectivity index is 2.14. The van der Waals surface area contributed by atoms with Crippen molar-refractivity contribution in [2.75, 3.05) is 13.1 Å². The number of aliphatic hydroxyl groups excluding tert-OH is 1. The summed E-state index contributed by atoms with van der Waals surface area (Å²) in [4.78, 5) is 13.5. The molecule has 1 saturated heterocycles. The lowest BCUT2D eigenvalue weighted by atomic mass is 9.90. The standard InChI is InChI=1S/C13H16FNO4/c1-13(19)4-5-15(7-11(13)17)12(18)8-2-3-10(16)9(14)6-8/h2-3,6,11,16-17,19H,4-5,7H2,1H3/t11-,13-/m0/s1. The molecule has 1 heterocycles. The molecule has 0 spiro atoms. The molecule has 0 unspecified atom stereocenters. The fourth-order valence-corrected chi connectivity index (χ4v) is 2.03. The first-order valence-electron chi connectivity index (χ1n) is 5.99. The molecule has 104 valence electrons. The van der Waals surface area contributed by atoms with Crippen LogP contribution in [-0.4, -0.2) is 50.9 Å². The number of aromatic hydroxyl groups is 1. The van der Waals surface area contributed by atoms with Crippen molar-refractivity contribution >= 4 is 5.91 Å². The minimum Gasteiger partial charge on any atom is -0.505 e. The van der Waals surface area contributed by atoms with Crippen molar-refractivity contribution < 1.29 is 24.5 Å². The van der Waals surface area contributed by atoms with Crippen LogP contribution in [0.15, 0.2) is 18.2 Å². The molecule has 1 amide bonds. The normalized spacial score (nSPS) is 27.4. The number of benzene rings is 1. The molecule has 0 aliphatic carbocycles. The van der Waals surface area contributed by atoms with Gasteiger partial charge in [-0.2, -0.15) is 0 Å². The van der Waals surface area contributed by atoms with Crippen LogP contribution in [0.2, 0.25) is 0 Å². The Morgan fingerprint density at radius 1 is 1.53 bits per heavy atom. The predicted octanol–water partition coefficient (Wildman–Crippen LogP) is 0.489. The third-order valence-corrected chi connectivity index (χ3v) is 3.48. The minimum atomic E-state index is -1.21. The van der Waals surface area contributed by atoms with Crippen molar-refractivity contribution in [1.82, 2.24) is 4.90 Å². The first-order chi connectivity index (χ1) is 8.81. The Labute approximate surface area is 109 Å². The smallest absolute Gasteiger partial charge is 0.254 e. The summed E-state index contributed by atoms with van der Waals surface area (Å²) in [6.07, 6.45) is -0.785. The zero-order valence-corrected chi connectivity index (χ0v) is 10.5. The van der Waals surface area contributed by atoms with Gasteiger partial charge in [-0.05, 0) is 31.5 Å². The van der Waals surface area contributed by atoms with E-state index in [1.165, 1.54) is 17.9 Å². The zero-order chi connectivity index (χ0) is 14.2. The van der Waals surface area contributed by atoms with Gasteiger partial charge in [0.2, 0.25) is 0 Å². The van der Waals surface area contributed by atoms with Gasteiger partial charge in [0.25, 0.3) is 5.91 Å². The van der Waals surface area contributed by atoms with Gasteiger partial charge in [-0.25, -0.2) is 4.39 Å². The highest BCUT2D eigenvalue weighted by Crippen LogP contribution is 2.24. The SMILES string of the molecule is C[C@]1(O)CCN(C(=O)c2ccc(O)c(F)c2)C[C@@H]1O. The Hall–Kier alpha value is -1.66. The summed E-state index contributed by atoms with van der Waals surface area (Å²) in [6, 6.07) is 3.38. The van der Waals surface area contributed by atoms with Gasteiger partial charge in [0.05, 0.1) is 11.7 Å². The van der Waals surface area contributed by atoms with Gasteiger partial charge in [0, 0.05) is 18.7 Å². The number of halogens is 1. The second-order valence-electron chi connectivity index (χ2n) is 5.04. The van der Waals surface area contributed by atoms with E-state index in [1.54, 1.807) is 0 Å². The van der Waals surface area contributed by atoms with Gasteiger partial charge in [-0.15, -0.1) is 0 Å². The zero-order valence-electron chi connectivity index (χ0n) is 10.5. The second-order valence-corrected chi connectivity index (χ2v) is 5.04. The molecule has 2 atom stereocenters. The molecule has 6 heteroatoms. The van der Waals surface area contributed by atoms with Crippen LogP contribution in [0, 0.1) is 5.82 Å². The topological polar surface area (TPSA) is 81.0 Å². The van der Waals surface area contributed by atoms with Crippen LogP contribution < -0.4 is 0 Å². The van der Waals surface area contributed by atoms with Gasteiger partial charge in [-0.1, -0.05) is 0 Å². The van der Waals surface area contributed by atoms with E-state index in [4.69, 9.17) is 5.11 Å². The van der Waals surface area contributed by atoms with Crippen LogP contribution in [0.25, 0.3) is 0 Å². The number of aliphatic hydroxyl groups is 2. The molecule has 5 nitrogen and oxygen atoms in total. The first-order valence-corrected chi connectivity index (χ1v) is 5.99. The highest BCUT2D eigenvalue weighted by molar-refractivity contribution is 5.94. The monoisotopic (exact) mass is 269 g/mol. The average Bonchev–Trinajstić information content (AvgIpc) is 2.35. The van der Waals surface area contributed by atoms with E-state index in [1.807, 2.05) is 0 Å². The minimum absolute atomic E-state index is 0.00563. The van der Waals surface area contributed by atoms with E-state index in [2.05, 4.69) is 0 Å². The van der Waals surface area contributed by atoms with Crippen LogP contribution in [0.4, 0.5) is 4.39 Å². The average molecular weight is 269 g/mol. The fourth-order valence-electron chi connectivity index (χ4n) is 2.03. The summed E-state index contributed by atoms with van der Waals surface area (Å²) in [5.41, 5.74) is -1.11. The Morgan fingerprint density at radius 3 is 2.79 bits per heavy atom. The maximum atomic E-state index is 13.2. The number of rotatable bonds is 1. The van der Waals surface area contributed by atoms with Crippen LogP contribution in [0.5, 0.6) is 5.75 Å². The number of phenolic OH excluding ortho intramolecular Hbond substituents is 1. The number of amides is 1. The predicted molar refractivity (Wildman–Crippen MR) is 65.2 cm³/mol. The quantitative estimate of drug-likeness (QED) is 0.693. The Kier molecular flexibility index (Phi) is 3.47. The molecule has 0 radical (unpaired) electrons. The molecule has 19 heavy (non-hydrogen) atoms. The lowest BCUT2D eigenvalue weighted by molar-refractivity contribution is -0.0999. The molecule has 1 fully saturated rings. The van der Waals surface area contributed by atoms with Gasteiger partial charge in [-0.3, -0.25) is 4.79 Å². The summed E-state index contributed by atoms with van der Waals surface area (Å²) in [6.45, 7) is 1.79. The van der Waals surface area contributed by atoms with Crippen LogP contribution in [0.3, 0.4) is 0 Å². The number of phenols is 1. The number of carbonyl (C=O) groups is 1. The molecular weight excluding hydrogens is 253 g/mol. The molecular formula is C13H16FNO4. The summed E-state index contributed by atoms with van der Waals surface area (Å²) < 4.78 is 13.2. The summed E-state index contributed by atoms with van der Waals surface area (Å²) in [5.74, 6) is -1.82. The van der Waals surface area contributed by atoms with Gasteiger partial charge in [0.1, 0.15) is 0 Å². The third kappa shape index (κ3) is 2.69. The molecule has 0 bridgehead atoms. The molecule has 2 rings (SSSR count). The number of likely N-dealkylation sites (tertiary alicyclic amines) is 1. The van der Waals surface area contributed by atoms with Crippen molar-refractivity contribution in [3.8, 4) is 5.75 Å². The van der Waals surface area contributed by atoms with E-state index >= 15 is 0 Å². The molecule has 1 aromatic rings. The Morgan fingerprint density at radius 2 is 2.21 bits per heavy atom. The number of carbonyl (C=O) groups excluding carboxylic acids is 1. The van der Waals surface area contributed by atoms with Gasteiger partial charge in [0.15, 0.2) is 11.6 Å². The number of piperidine rings is 1. The maximum absolute atomic E-state index is 13.2. The first kappa shape index (κ1) is 13.8. The molecule has 3 N–H and O–H groups in total. The molecule has 1 aromatic carbocycles. The lowest BCUT2D eigenvalue weighted by Crippen LogP contribution is -2.55. The number of hydrogen-bond acceptors (Lipinski definition) is 4. The number of nitrogens with zero attached hydrogens (tertiary/aromatic N) is 1. The lowest BCUT2D eigenvalue weighted by Gasteiger charge is -2.39. The highest BCUT2D eigenvalue weighted by atomic mass is 19.1. The molecule has 0 aromatic heterocycles. The Bertz CT molecular complexity index is 503. The van der Waals surface area contributed by atoms with E-state index in [9.17, 15) is 19.4 Å². The van der Waals surface area contributed by atoms with Crippen molar-refractivity contribution in [1.29, 1.82) is 0 Å². The van der Waals surface area contributed by atoms with Crippen molar-refractivity contribution in [2.24, 2.45) is 0 Å². The summed E-state index contributed by atoms with van der Waals surface area (Å²) in [7, 11) is 0. The van der Waals surface area contributed by atoms with Gasteiger partial charge >= 0.3 is 0 Å². The molecule has 1 aliphatic heterocycles. The number of hydrogen-bond donors (Lipinski definition) is 3. The van der Waals surface area contributed by atoms with E-state index in [0.717, 1.165) is 12.1 Å². The third-order valence-electron chi connectivity index (χ3n) is 3.48. The van der Waals surface area contributed by atoms with E-state index in [0.29, 0.717) is 0 Å². The van der Waals surface area contributed by atoms with Crippen LogP contribution in [-0.2, 0) is 0 Å². The van der Waals surface area contributed by atoms with Gasteiger partial charge < -0.3 is 20.2 Å². The molecule has 0 saturated carbocycles. The van der Waals surface area contributed by atoms with Crippen LogP contribution in [0.1, 0.15) is 23.7 Å².